The SMILES string of the molecule is CCN(CC)CCCOc1ccc(C(=O)C(C)c2ccccc2)cc1. The average Bonchev–Trinajstić information content (AvgIpc) is 2.68. The van der Waals surface area contributed by atoms with Gasteiger partial charge in [-0.2, -0.15) is 0 Å². The van der Waals surface area contributed by atoms with Crippen LogP contribution in [0.25, 0.3) is 0 Å². The number of carbonyl (C=O) groups excluding carboxylic acids is 1. The lowest BCUT2D eigenvalue weighted by atomic mass is 9.92. The Balaban J connectivity index is 1.86. The minimum atomic E-state index is -0.137. The van der Waals surface area contributed by atoms with Gasteiger partial charge in [-0.15, -0.1) is 0 Å². The fourth-order valence-corrected chi connectivity index (χ4v) is 2.88. The summed E-state index contributed by atoms with van der Waals surface area (Å²) in [6.45, 7) is 10.2. The average molecular weight is 339 g/mol. The van der Waals surface area contributed by atoms with Gasteiger partial charge in [-0.25, -0.2) is 0 Å². The van der Waals surface area contributed by atoms with Crippen molar-refractivity contribution in [3.63, 3.8) is 0 Å². The number of ether oxygens (including phenoxy) is 1. The molecule has 0 heterocycles. The number of nitrogens with zero attached hydrogens (tertiary/aromatic N) is 1. The van der Waals surface area contributed by atoms with Crippen LogP contribution in [-0.4, -0.2) is 36.9 Å². The van der Waals surface area contributed by atoms with Crippen molar-refractivity contribution < 1.29 is 9.53 Å². The van der Waals surface area contributed by atoms with Crippen LogP contribution in [0.1, 0.15) is 49.0 Å². The van der Waals surface area contributed by atoms with Crippen LogP contribution in [0.5, 0.6) is 5.75 Å². The standard InChI is InChI=1S/C22H29NO2/c1-4-23(5-2)16-9-17-25-21-14-12-20(13-15-21)22(24)18(3)19-10-7-6-8-11-19/h6-8,10-15,18H,4-5,9,16-17H2,1-3H3. The molecule has 3 nitrogen and oxygen atoms in total. The predicted molar refractivity (Wildman–Crippen MR) is 104 cm³/mol. The van der Waals surface area contributed by atoms with E-state index in [1.54, 1.807) is 0 Å². The maximum absolute atomic E-state index is 12.6. The highest BCUT2D eigenvalue weighted by molar-refractivity contribution is 6.00. The van der Waals surface area contributed by atoms with Crippen LogP contribution >= 0.6 is 0 Å². The van der Waals surface area contributed by atoms with Gasteiger partial charge >= 0.3 is 0 Å². The molecule has 0 saturated carbocycles. The van der Waals surface area contributed by atoms with Gasteiger partial charge in [-0.3, -0.25) is 4.79 Å². The lowest BCUT2D eigenvalue weighted by molar-refractivity contribution is 0.0966. The lowest BCUT2D eigenvalue weighted by Gasteiger charge is -2.17. The summed E-state index contributed by atoms with van der Waals surface area (Å²) in [4.78, 5) is 15.0. The molecule has 25 heavy (non-hydrogen) atoms. The van der Waals surface area contributed by atoms with Crippen molar-refractivity contribution in [2.45, 2.75) is 33.1 Å². The van der Waals surface area contributed by atoms with Gasteiger partial charge in [0.15, 0.2) is 5.78 Å². The minimum absolute atomic E-state index is 0.137. The van der Waals surface area contributed by atoms with Gasteiger partial charge < -0.3 is 9.64 Å². The number of rotatable bonds is 10. The highest BCUT2D eigenvalue weighted by Gasteiger charge is 2.16. The van der Waals surface area contributed by atoms with Gasteiger partial charge in [-0.1, -0.05) is 51.1 Å². The van der Waals surface area contributed by atoms with E-state index in [9.17, 15) is 4.79 Å². The van der Waals surface area contributed by atoms with Gasteiger partial charge in [0.05, 0.1) is 6.61 Å². The third-order valence-electron chi connectivity index (χ3n) is 4.61. The van der Waals surface area contributed by atoms with Crippen LogP contribution in [0.4, 0.5) is 0 Å². The van der Waals surface area contributed by atoms with Crippen LogP contribution in [0.2, 0.25) is 0 Å². The molecule has 2 aromatic carbocycles. The van der Waals surface area contributed by atoms with Gasteiger partial charge in [0.2, 0.25) is 0 Å². The normalized spacial score (nSPS) is 12.2. The van der Waals surface area contributed by atoms with Crippen LogP contribution in [0, 0.1) is 0 Å². The molecule has 0 amide bonds. The second kappa shape index (κ2) is 10.00. The van der Waals surface area contributed by atoms with Crippen molar-refractivity contribution in [3.8, 4) is 5.75 Å². The maximum atomic E-state index is 12.6. The lowest BCUT2D eigenvalue weighted by Crippen LogP contribution is -2.25. The molecular weight excluding hydrogens is 310 g/mol. The van der Waals surface area contributed by atoms with Gasteiger partial charge in [0.25, 0.3) is 0 Å². The Morgan fingerprint density at radius 2 is 1.64 bits per heavy atom. The molecule has 3 heteroatoms. The number of hydrogen-bond acceptors (Lipinski definition) is 3. The van der Waals surface area contributed by atoms with Crippen molar-refractivity contribution >= 4 is 5.78 Å². The highest BCUT2D eigenvalue weighted by Crippen LogP contribution is 2.22. The van der Waals surface area contributed by atoms with E-state index in [1.807, 2.05) is 61.5 Å². The predicted octanol–water partition coefficient (Wildman–Crippen LogP) is 4.78. The summed E-state index contributed by atoms with van der Waals surface area (Å²) in [6, 6.07) is 17.4. The van der Waals surface area contributed by atoms with Gasteiger partial charge in [0.1, 0.15) is 5.75 Å². The first-order valence-electron chi connectivity index (χ1n) is 9.20. The van der Waals surface area contributed by atoms with Crippen LogP contribution in [0.3, 0.4) is 0 Å². The van der Waals surface area contributed by atoms with E-state index in [0.29, 0.717) is 6.61 Å². The van der Waals surface area contributed by atoms with Crippen LogP contribution in [-0.2, 0) is 0 Å². The van der Waals surface area contributed by atoms with E-state index >= 15 is 0 Å². The second-order valence-corrected chi connectivity index (χ2v) is 6.25. The molecule has 1 atom stereocenters. The number of carbonyl (C=O) groups is 1. The van der Waals surface area contributed by atoms with E-state index in [0.717, 1.165) is 42.9 Å². The zero-order chi connectivity index (χ0) is 18.1. The first-order valence-corrected chi connectivity index (χ1v) is 9.20. The van der Waals surface area contributed by atoms with Crippen molar-refractivity contribution in [3.05, 3.63) is 65.7 Å². The number of Topliss-reactive ketones (excluding diaryl/α,β-unsaturated/α-hetero) is 1. The summed E-state index contributed by atoms with van der Waals surface area (Å²) < 4.78 is 5.79. The molecule has 0 bridgehead atoms. The van der Waals surface area contributed by atoms with Crippen LogP contribution < -0.4 is 4.74 Å². The maximum Gasteiger partial charge on any atom is 0.170 e. The summed E-state index contributed by atoms with van der Waals surface area (Å²) in [5.74, 6) is 0.824. The molecule has 2 rings (SSSR count). The molecular formula is C22H29NO2. The Morgan fingerprint density at radius 1 is 1.00 bits per heavy atom. The molecule has 0 N–H and O–H groups in total. The van der Waals surface area contributed by atoms with E-state index in [1.165, 1.54) is 0 Å². The van der Waals surface area contributed by atoms with Crippen LogP contribution in [0.15, 0.2) is 54.6 Å². The minimum Gasteiger partial charge on any atom is -0.494 e. The molecule has 1 unspecified atom stereocenters. The first kappa shape index (κ1) is 19.2. The topological polar surface area (TPSA) is 29.5 Å². The zero-order valence-corrected chi connectivity index (χ0v) is 15.6. The van der Waals surface area contributed by atoms with Gasteiger partial charge in [0, 0.05) is 18.0 Å². The van der Waals surface area contributed by atoms with Crippen molar-refractivity contribution in [1.82, 2.24) is 4.90 Å². The van der Waals surface area contributed by atoms with Gasteiger partial charge in [-0.05, 0) is 49.3 Å². The summed E-state index contributed by atoms with van der Waals surface area (Å²) in [6.07, 6.45) is 1.01. The fourth-order valence-electron chi connectivity index (χ4n) is 2.88. The number of ketones is 1. The van der Waals surface area contributed by atoms with E-state index in [4.69, 9.17) is 4.74 Å². The molecule has 2 aromatic rings. The smallest absolute Gasteiger partial charge is 0.170 e. The third kappa shape index (κ3) is 5.71. The fraction of sp³-hybridized carbons (Fsp3) is 0.409. The molecule has 134 valence electrons. The molecule has 0 aliphatic heterocycles. The van der Waals surface area contributed by atoms with Crippen molar-refractivity contribution in [1.29, 1.82) is 0 Å². The summed E-state index contributed by atoms with van der Waals surface area (Å²) >= 11 is 0. The van der Waals surface area contributed by atoms with E-state index in [2.05, 4.69) is 18.7 Å². The zero-order valence-electron chi connectivity index (χ0n) is 15.6. The van der Waals surface area contributed by atoms with E-state index < -0.39 is 0 Å². The number of hydrogen-bond donors (Lipinski definition) is 0. The molecule has 0 aromatic heterocycles. The molecule has 0 spiro atoms. The summed E-state index contributed by atoms with van der Waals surface area (Å²) in [5.41, 5.74) is 1.77. The molecule has 0 fully saturated rings. The third-order valence-corrected chi connectivity index (χ3v) is 4.61. The molecule has 0 aliphatic carbocycles. The monoisotopic (exact) mass is 339 g/mol. The Morgan fingerprint density at radius 3 is 2.24 bits per heavy atom. The second-order valence-electron chi connectivity index (χ2n) is 6.25. The Kier molecular flexibility index (Phi) is 7.68. The van der Waals surface area contributed by atoms with Crippen molar-refractivity contribution in [2.75, 3.05) is 26.2 Å². The Labute approximate surface area is 151 Å². The quantitative estimate of drug-likeness (QED) is 0.461. The Bertz CT molecular complexity index is 633. The largest absolute Gasteiger partial charge is 0.494 e. The molecule has 0 aliphatic rings. The molecule has 0 saturated heterocycles. The van der Waals surface area contributed by atoms with E-state index in [-0.39, 0.29) is 11.7 Å². The summed E-state index contributed by atoms with van der Waals surface area (Å²) in [7, 11) is 0. The summed E-state index contributed by atoms with van der Waals surface area (Å²) in [5, 5.41) is 0. The first-order chi connectivity index (χ1) is 12.2. The Hall–Kier alpha value is -2.13. The van der Waals surface area contributed by atoms with Crippen molar-refractivity contribution in [2.24, 2.45) is 0 Å². The number of benzene rings is 2. The highest BCUT2D eigenvalue weighted by atomic mass is 16.5. The molecule has 0 radical (unpaired) electrons.